The molecule has 1 radical (unpaired) electrons. The fourth-order valence-electron chi connectivity index (χ4n) is 18.3. The van der Waals surface area contributed by atoms with E-state index in [1.807, 2.05) is 6.92 Å². The molecular formula is C110H165N2O4ScSi3-. The average molecular weight is 1710 g/mol. The summed E-state index contributed by atoms with van der Waals surface area (Å²) < 4.78 is 11.5. The van der Waals surface area contributed by atoms with Gasteiger partial charge in [0.1, 0.15) is 23.0 Å². The standard InChI is InChI=1S/C55H81NO2Si.C51H73NO2Si.C4H11Si.Sc/c1-17-19-21-22-23-24-30-59(15,16)42-31-38(3)51(58-29-20-18-2)46(36-42)45-32-41(55(13,14)37-52(4,5)6)35-49(50(45)57)56-47-33-39(53(7,8)9)25-27-43(47)44-28-26-40(34-48(44)56)54(10,11)12;1-16-17-18-19-20-21-26-55(14,15)38-27-34(2)46(53)42(32-38)41-28-37(51(12,13)33-48(3,4)5)31-45(47(41)54)52-43-29-35(49(6,7)8)22-24-39(43)40-25-23-36(30-44(40)52)50(9,10)11;1-5(2,3)4;/h25-28,31-36,57H,17-24,29-30,37H2,1-16H3;22-25,27-32,53-54H,16-21,26,33H2,1-15H3;1H2,2-4H3;/q;;-1;. The Labute approximate surface area is 753 Å². The van der Waals surface area contributed by atoms with E-state index in [9.17, 15) is 15.3 Å². The van der Waals surface area contributed by atoms with E-state index in [1.165, 1.54) is 154 Å². The minimum absolute atomic E-state index is 0. The van der Waals surface area contributed by atoms with Gasteiger partial charge in [0.05, 0.1) is 56.2 Å². The molecule has 0 spiro atoms. The Hall–Kier alpha value is -5.92. The second-order valence-corrected chi connectivity index (χ2v) is 61.4. The number of hydrogen-bond donors (Lipinski definition) is 3. The fourth-order valence-corrected chi connectivity index (χ4v) is 23.4. The number of nitrogens with zero attached hydrogens (tertiary/aromatic N) is 2. The maximum Gasteiger partial charge on any atom is 0.147 e. The van der Waals surface area contributed by atoms with Gasteiger partial charge in [-0.05, 0) is 169 Å². The van der Waals surface area contributed by atoms with Crippen LogP contribution in [0, 0.1) is 31.2 Å². The van der Waals surface area contributed by atoms with Gasteiger partial charge < -0.3 is 35.7 Å². The third-order valence-corrected chi connectivity index (χ3v) is 31.9. The van der Waals surface area contributed by atoms with Crippen molar-refractivity contribution >= 4 is 78.2 Å². The Morgan fingerprint density at radius 2 is 0.617 bits per heavy atom. The number of rotatable bonds is 28. The molecule has 0 aliphatic rings. The average Bonchev–Trinajstić information content (AvgIpc) is 1.57. The molecule has 0 bridgehead atoms. The number of hydrogen-bond acceptors (Lipinski definition) is 4. The summed E-state index contributed by atoms with van der Waals surface area (Å²) in [5, 5.41) is 45.5. The third kappa shape index (κ3) is 25.5. The number of phenols is 3. The smallest absolute Gasteiger partial charge is 0.147 e. The predicted molar refractivity (Wildman–Crippen MR) is 536 cm³/mol. The van der Waals surface area contributed by atoms with Crippen LogP contribution in [0.1, 0.15) is 320 Å². The van der Waals surface area contributed by atoms with Crippen LogP contribution in [-0.2, 0) is 58.3 Å². The van der Waals surface area contributed by atoms with Gasteiger partial charge in [-0.1, -0.05) is 398 Å². The maximum atomic E-state index is 13.2. The topological polar surface area (TPSA) is 79.8 Å². The minimum atomic E-state index is -1.85. The minimum Gasteiger partial charge on any atom is -0.507 e. The Kier molecular flexibility index (Phi) is 33.1. The Morgan fingerprint density at radius 3 is 0.925 bits per heavy atom. The molecule has 655 valence electrons. The van der Waals surface area contributed by atoms with Crippen molar-refractivity contribution in [3.05, 3.63) is 172 Å². The molecule has 120 heavy (non-hydrogen) atoms. The van der Waals surface area contributed by atoms with Gasteiger partial charge in [-0.15, -0.1) is 8.07 Å². The molecule has 0 unspecified atom stereocenters. The van der Waals surface area contributed by atoms with Crippen molar-refractivity contribution in [3.63, 3.8) is 0 Å². The molecule has 0 amide bonds. The van der Waals surface area contributed by atoms with Gasteiger partial charge in [0.2, 0.25) is 0 Å². The van der Waals surface area contributed by atoms with Gasteiger partial charge in [0.25, 0.3) is 0 Å². The fraction of sp³-hybridized carbons (Fsp3) is 0.555. The first-order valence-corrected chi connectivity index (χ1v) is 56.3. The molecule has 0 aliphatic heterocycles. The third-order valence-electron chi connectivity index (χ3n) is 24.9. The molecule has 3 N–H and O–H groups in total. The molecular weight excluding hydrogens is 1540 g/mol. The first-order valence-electron chi connectivity index (χ1n) is 46.2. The zero-order chi connectivity index (χ0) is 89.1. The molecule has 6 nitrogen and oxygen atoms in total. The van der Waals surface area contributed by atoms with Gasteiger partial charge >= 0.3 is 0 Å². The van der Waals surface area contributed by atoms with Crippen LogP contribution >= 0.6 is 0 Å². The first kappa shape index (κ1) is 101. The summed E-state index contributed by atoms with van der Waals surface area (Å²) in [6.07, 6.45) is 19.6. The van der Waals surface area contributed by atoms with Crippen LogP contribution in [0.4, 0.5) is 0 Å². The summed E-state index contributed by atoms with van der Waals surface area (Å²) in [5.74, 6) is 1.69. The van der Waals surface area contributed by atoms with E-state index in [2.05, 4.69) is 363 Å². The number of fused-ring (bicyclic) bond motifs is 6. The van der Waals surface area contributed by atoms with Crippen LogP contribution in [0.5, 0.6) is 23.0 Å². The molecule has 0 aliphatic carbocycles. The summed E-state index contributed by atoms with van der Waals surface area (Å²) in [6, 6.07) is 48.5. The zero-order valence-corrected chi connectivity index (χ0v) is 87.2. The molecule has 2 aromatic heterocycles. The number of ether oxygens (including phenoxy) is 1. The molecule has 8 aromatic carbocycles. The molecule has 0 saturated heterocycles. The van der Waals surface area contributed by atoms with Crippen LogP contribution < -0.4 is 15.1 Å². The van der Waals surface area contributed by atoms with Gasteiger partial charge in [0, 0.05) is 69.6 Å². The number of phenolic OH excluding ortho intramolecular Hbond substituents is 3. The number of unbranched alkanes of at least 4 members (excludes halogenated alkanes) is 11. The quantitative estimate of drug-likeness (QED) is 0.0259. The van der Waals surface area contributed by atoms with E-state index in [0.717, 1.165) is 92.7 Å². The molecule has 0 fully saturated rings. The van der Waals surface area contributed by atoms with Crippen LogP contribution in [0.3, 0.4) is 0 Å². The van der Waals surface area contributed by atoms with Crippen molar-refractivity contribution in [3.8, 4) is 56.6 Å². The molecule has 2 heterocycles. The van der Waals surface area contributed by atoms with E-state index in [4.69, 9.17) is 4.74 Å². The van der Waals surface area contributed by atoms with Crippen LogP contribution in [0.25, 0.3) is 77.2 Å². The summed E-state index contributed by atoms with van der Waals surface area (Å²) in [5.41, 5.74) is 18.5. The van der Waals surface area contributed by atoms with Crippen LogP contribution in [0.15, 0.2) is 121 Å². The maximum absolute atomic E-state index is 13.2. The van der Waals surface area contributed by atoms with Gasteiger partial charge in [0.15, 0.2) is 0 Å². The van der Waals surface area contributed by atoms with Crippen molar-refractivity contribution in [2.75, 3.05) is 6.61 Å². The largest absolute Gasteiger partial charge is 0.507 e. The predicted octanol–water partition coefficient (Wildman–Crippen LogP) is 32.7. The molecule has 0 saturated carbocycles. The number of aryl methyl sites for hydroxylation is 2. The number of aromatic hydroxyl groups is 3. The van der Waals surface area contributed by atoms with E-state index in [1.54, 1.807) is 0 Å². The van der Waals surface area contributed by atoms with Crippen molar-refractivity contribution in [1.29, 1.82) is 0 Å². The molecule has 10 aromatic rings. The van der Waals surface area contributed by atoms with E-state index < -0.39 is 24.2 Å². The first-order chi connectivity index (χ1) is 54.7. The van der Waals surface area contributed by atoms with Gasteiger partial charge in [-0.2, -0.15) is 0 Å². The summed E-state index contributed by atoms with van der Waals surface area (Å²) in [4.78, 5) is 0. The van der Waals surface area contributed by atoms with Crippen LogP contribution in [-0.4, -0.2) is 55.3 Å². The summed E-state index contributed by atoms with van der Waals surface area (Å²) in [6.45, 7) is 83.0. The molecule has 10 rings (SSSR count). The van der Waals surface area contributed by atoms with Gasteiger partial charge in [-0.25, -0.2) is 0 Å². The Morgan fingerprint density at radius 1 is 0.333 bits per heavy atom. The Bertz CT molecular complexity index is 4990. The van der Waals surface area contributed by atoms with E-state index >= 15 is 0 Å². The number of aromatic nitrogens is 2. The van der Waals surface area contributed by atoms with Crippen molar-refractivity contribution in [1.82, 2.24) is 9.13 Å². The second kappa shape index (κ2) is 39.3. The van der Waals surface area contributed by atoms with E-state index in [-0.39, 0.29) is 80.7 Å². The van der Waals surface area contributed by atoms with Gasteiger partial charge in [-0.3, -0.25) is 0 Å². The van der Waals surface area contributed by atoms with Crippen LogP contribution in [0.2, 0.25) is 57.9 Å². The second-order valence-electron chi connectivity index (χ2n) is 46.5. The van der Waals surface area contributed by atoms with Crippen molar-refractivity contribution in [2.45, 2.75) is 380 Å². The summed E-state index contributed by atoms with van der Waals surface area (Å²) >= 11 is 0. The Balaban J connectivity index is 0.000000311. The monoisotopic (exact) mass is 1710 g/mol. The van der Waals surface area contributed by atoms with E-state index in [0.29, 0.717) is 17.9 Å². The zero-order valence-electron chi connectivity index (χ0n) is 82.4. The van der Waals surface area contributed by atoms with Crippen molar-refractivity contribution in [2.24, 2.45) is 10.8 Å². The summed E-state index contributed by atoms with van der Waals surface area (Å²) in [7, 11) is -4.55. The SMILES string of the molecule is CCCCCCCC[Si](C)(C)c1cc(C)c(O)c(-c2cc(C(C)(C)CC(C)(C)C)cc(-n3c4cc(C(C)(C)C)ccc4c4ccc(C(C)(C)C)cc43)c2O)c1.CCCCCCCC[Si](C)(C)c1cc(C)c(OCCCC)c(-c2cc(C(C)(C)CC(C)(C)C)cc(-n3c4cc(C(C)(C)C)ccc4c4ccc(C(C)(C)C)cc43)c2O)c1.[CH2-][Si](C)(C)C.[Sc]. The number of benzene rings is 8. The normalized spacial score (nSPS) is 13.1. The molecule has 0 atom stereocenters. The van der Waals surface area contributed by atoms with Crippen molar-refractivity contribution < 1.29 is 45.9 Å². The molecule has 10 heteroatoms.